The predicted octanol–water partition coefficient (Wildman–Crippen LogP) is -0.672. The highest BCUT2D eigenvalue weighted by atomic mass is 32.2. The number of hydrogen-bond acceptors (Lipinski definition) is 5. The zero-order valence-corrected chi connectivity index (χ0v) is 10.4. The second kappa shape index (κ2) is 8.04. The SMILES string of the molecule is CCS(=O)(=O)CCN(CCN)CCOC. The van der Waals surface area contributed by atoms with Gasteiger partial charge in [0.15, 0.2) is 9.84 Å². The number of ether oxygens (including phenoxy) is 1. The second-order valence-corrected chi connectivity index (χ2v) is 5.83. The van der Waals surface area contributed by atoms with Gasteiger partial charge in [-0.25, -0.2) is 8.42 Å². The summed E-state index contributed by atoms with van der Waals surface area (Å²) < 4.78 is 27.5. The van der Waals surface area contributed by atoms with Crippen molar-refractivity contribution < 1.29 is 13.2 Å². The Morgan fingerprint density at radius 1 is 1.27 bits per heavy atom. The molecule has 0 aromatic carbocycles. The highest BCUT2D eigenvalue weighted by Crippen LogP contribution is 1.94. The van der Waals surface area contributed by atoms with Crippen molar-refractivity contribution in [1.82, 2.24) is 4.90 Å². The third kappa shape index (κ3) is 7.72. The van der Waals surface area contributed by atoms with Crippen molar-refractivity contribution in [3.05, 3.63) is 0 Å². The Bertz CT molecular complexity index is 242. The van der Waals surface area contributed by atoms with Crippen LogP contribution >= 0.6 is 0 Å². The predicted molar refractivity (Wildman–Crippen MR) is 61.7 cm³/mol. The summed E-state index contributed by atoms with van der Waals surface area (Å²) in [6.07, 6.45) is 0. The minimum atomic E-state index is -2.88. The molecule has 6 heteroatoms. The first-order valence-corrected chi connectivity index (χ1v) is 6.99. The van der Waals surface area contributed by atoms with Crippen LogP contribution < -0.4 is 5.73 Å². The minimum Gasteiger partial charge on any atom is -0.383 e. The second-order valence-electron chi connectivity index (χ2n) is 3.36. The molecule has 0 fully saturated rings. The number of methoxy groups -OCH3 is 1. The molecule has 0 heterocycles. The molecule has 0 unspecified atom stereocenters. The molecule has 0 aliphatic heterocycles. The Labute approximate surface area is 92.5 Å². The van der Waals surface area contributed by atoms with Crippen LogP contribution in [-0.2, 0) is 14.6 Å². The van der Waals surface area contributed by atoms with E-state index in [1.165, 1.54) is 0 Å². The van der Waals surface area contributed by atoms with Crippen LogP contribution in [0.25, 0.3) is 0 Å². The third-order valence-electron chi connectivity index (χ3n) is 2.22. The van der Waals surface area contributed by atoms with E-state index in [1.807, 2.05) is 4.90 Å². The lowest BCUT2D eigenvalue weighted by atomic mass is 10.4. The van der Waals surface area contributed by atoms with E-state index in [-0.39, 0.29) is 11.5 Å². The Balaban J connectivity index is 3.94. The maximum Gasteiger partial charge on any atom is 0.151 e. The van der Waals surface area contributed by atoms with Crippen molar-refractivity contribution in [3.63, 3.8) is 0 Å². The fourth-order valence-electron chi connectivity index (χ4n) is 1.15. The molecule has 0 saturated carbocycles. The smallest absolute Gasteiger partial charge is 0.151 e. The van der Waals surface area contributed by atoms with Gasteiger partial charge in [0, 0.05) is 39.0 Å². The fraction of sp³-hybridized carbons (Fsp3) is 1.00. The average molecular weight is 238 g/mol. The molecule has 0 rings (SSSR count). The van der Waals surface area contributed by atoms with Crippen LogP contribution in [-0.4, -0.2) is 64.7 Å². The van der Waals surface area contributed by atoms with Crippen LogP contribution in [0.2, 0.25) is 0 Å². The zero-order valence-electron chi connectivity index (χ0n) is 9.61. The Hall–Kier alpha value is -0.170. The largest absolute Gasteiger partial charge is 0.383 e. The van der Waals surface area contributed by atoms with Crippen LogP contribution in [0.3, 0.4) is 0 Å². The van der Waals surface area contributed by atoms with E-state index in [0.29, 0.717) is 26.2 Å². The van der Waals surface area contributed by atoms with Gasteiger partial charge in [-0.3, -0.25) is 4.90 Å². The molecule has 0 aromatic rings. The summed E-state index contributed by atoms with van der Waals surface area (Å²) in [7, 11) is -1.25. The van der Waals surface area contributed by atoms with Crippen molar-refractivity contribution >= 4 is 9.84 Å². The summed E-state index contributed by atoms with van der Waals surface area (Å²) in [6.45, 7) is 4.78. The number of rotatable bonds is 9. The quantitative estimate of drug-likeness (QED) is 0.576. The van der Waals surface area contributed by atoms with Crippen molar-refractivity contribution in [2.24, 2.45) is 5.73 Å². The molecule has 0 amide bonds. The van der Waals surface area contributed by atoms with E-state index in [2.05, 4.69) is 0 Å². The standard InChI is InChI=1S/C9H22N2O3S/c1-3-15(12,13)9-7-11(5-4-10)6-8-14-2/h3-10H2,1-2H3. The maximum absolute atomic E-state index is 11.3. The summed E-state index contributed by atoms with van der Waals surface area (Å²) in [5.41, 5.74) is 5.44. The number of sulfone groups is 1. The third-order valence-corrected chi connectivity index (χ3v) is 3.90. The van der Waals surface area contributed by atoms with Crippen LogP contribution in [0.4, 0.5) is 0 Å². The molecular formula is C9H22N2O3S. The first-order chi connectivity index (χ1) is 7.05. The molecule has 2 N–H and O–H groups in total. The van der Waals surface area contributed by atoms with Gasteiger partial charge in [-0.15, -0.1) is 0 Å². The zero-order chi connectivity index (χ0) is 11.7. The van der Waals surface area contributed by atoms with Gasteiger partial charge >= 0.3 is 0 Å². The Morgan fingerprint density at radius 3 is 2.40 bits per heavy atom. The summed E-state index contributed by atoms with van der Waals surface area (Å²) in [6, 6.07) is 0. The van der Waals surface area contributed by atoms with E-state index < -0.39 is 9.84 Å². The van der Waals surface area contributed by atoms with Gasteiger partial charge in [-0.1, -0.05) is 6.92 Å². The Kier molecular flexibility index (Phi) is 7.95. The van der Waals surface area contributed by atoms with Gasteiger partial charge in [-0.05, 0) is 0 Å². The first kappa shape index (κ1) is 14.8. The highest BCUT2D eigenvalue weighted by molar-refractivity contribution is 7.91. The molecule has 0 saturated heterocycles. The molecule has 0 aliphatic rings. The van der Waals surface area contributed by atoms with Crippen molar-refractivity contribution in [2.75, 3.05) is 51.4 Å². The van der Waals surface area contributed by atoms with Gasteiger partial charge < -0.3 is 10.5 Å². The topological polar surface area (TPSA) is 72.6 Å². The van der Waals surface area contributed by atoms with Gasteiger partial charge in [-0.2, -0.15) is 0 Å². The van der Waals surface area contributed by atoms with E-state index in [9.17, 15) is 8.42 Å². The summed E-state index contributed by atoms with van der Waals surface area (Å²) in [5.74, 6) is 0.404. The van der Waals surface area contributed by atoms with Crippen LogP contribution in [0.5, 0.6) is 0 Å². The fourth-order valence-corrected chi connectivity index (χ4v) is 1.98. The molecule has 0 radical (unpaired) electrons. The van der Waals surface area contributed by atoms with Gasteiger partial charge in [0.2, 0.25) is 0 Å². The monoisotopic (exact) mass is 238 g/mol. The molecule has 0 bridgehead atoms. The minimum absolute atomic E-state index is 0.202. The lowest BCUT2D eigenvalue weighted by Gasteiger charge is -2.20. The molecule has 5 nitrogen and oxygen atoms in total. The normalized spacial score (nSPS) is 12.3. The van der Waals surface area contributed by atoms with E-state index in [4.69, 9.17) is 10.5 Å². The van der Waals surface area contributed by atoms with Gasteiger partial charge in [0.05, 0.1) is 12.4 Å². The van der Waals surface area contributed by atoms with Crippen molar-refractivity contribution in [2.45, 2.75) is 6.92 Å². The van der Waals surface area contributed by atoms with E-state index >= 15 is 0 Å². The molecule has 0 spiro atoms. The number of nitrogens with zero attached hydrogens (tertiary/aromatic N) is 1. The molecule has 92 valence electrons. The maximum atomic E-state index is 11.3. The van der Waals surface area contributed by atoms with Crippen LogP contribution in [0.1, 0.15) is 6.92 Å². The molecule has 0 aliphatic carbocycles. The molecule has 0 aromatic heterocycles. The van der Waals surface area contributed by atoms with Gasteiger partial charge in [0.1, 0.15) is 0 Å². The molecule has 0 atom stereocenters. The van der Waals surface area contributed by atoms with Crippen LogP contribution in [0, 0.1) is 0 Å². The molecule has 15 heavy (non-hydrogen) atoms. The summed E-state index contributed by atoms with van der Waals surface area (Å²) in [5, 5.41) is 0. The van der Waals surface area contributed by atoms with Gasteiger partial charge in [0.25, 0.3) is 0 Å². The number of hydrogen-bond donors (Lipinski definition) is 1. The first-order valence-electron chi connectivity index (χ1n) is 5.17. The summed E-state index contributed by atoms with van der Waals surface area (Å²) in [4.78, 5) is 2.01. The lowest BCUT2D eigenvalue weighted by Crippen LogP contribution is -2.36. The van der Waals surface area contributed by atoms with E-state index in [0.717, 1.165) is 6.54 Å². The van der Waals surface area contributed by atoms with Crippen LogP contribution in [0.15, 0.2) is 0 Å². The van der Waals surface area contributed by atoms with E-state index in [1.54, 1.807) is 14.0 Å². The van der Waals surface area contributed by atoms with Crippen molar-refractivity contribution in [3.8, 4) is 0 Å². The Morgan fingerprint density at radius 2 is 1.93 bits per heavy atom. The summed E-state index contributed by atoms with van der Waals surface area (Å²) >= 11 is 0. The average Bonchev–Trinajstić information content (AvgIpc) is 2.22. The number of nitrogens with two attached hydrogens (primary N) is 1. The molecular weight excluding hydrogens is 216 g/mol. The van der Waals surface area contributed by atoms with Crippen molar-refractivity contribution in [1.29, 1.82) is 0 Å². The highest BCUT2D eigenvalue weighted by Gasteiger charge is 2.10. The lowest BCUT2D eigenvalue weighted by molar-refractivity contribution is 0.153.